The monoisotopic (exact) mass is 693 g/mol. The van der Waals surface area contributed by atoms with Crippen molar-refractivity contribution in [1.82, 2.24) is 5.32 Å². The van der Waals surface area contributed by atoms with Crippen molar-refractivity contribution in [3.05, 3.63) is 82.4 Å². The van der Waals surface area contributed by atoms with Crippen molar-refractivity contribution in [2.75, 3.05) is 7.11 Å². The number of ketones is 3. The molecule has 3 aliphatic heterocycles. The molecule has 0 saturated carbocycles. The van der Waals surface area contributed by atoms with Crippen LogP contribution in [-0.4, -0.2) is 76.0 Å². The Morgan fingerprint density at radius 3 is 2.26 bits per heavy atom. The minimum atomic E-state index is -1.99. The molecule has 1 aromatic rings. The van der Waals surface area contributed by atoms with E-state index >= 15 is 0 Å². The molecule has 0 amide bonds. The molecule has 0 aromatic heterocycles. The molecule has 1 aliphatic carbocycles. The van der Waals surface area contributed by atoms with Crippen LogP contribution in [0, 0.1) is 30.6 Å². The Balaban J connectivity index is 1.83. The van der Waals surface area contributed by atoms with E-state index in [9.17, 15) is 34.5 Å². The third-order valence-electron chi connectivity index (χ3n) is 9.96. The van der Waals surface area contributed by atoms with Crippen molar-refractivity contribution in [3.8, 4) is 11.5 Å². The molecule has 9 atom stereocenters. The summed E-state index contributed by atoms with van der Waals surface area (Å²) in [6, 6.07) is 0. The van der Waals surface area contributed by atoms with Crippen molar-refractivity contribution in [2.24, 2.45) is 23.7 Å². The first-order valence-corrected chi connectivity index (χ1v) is 16.5. The average Bonchev–Trinajstić information content (AvgIpc) is 3.33. The minimum absolute atomic E-state index is 0.0714. The number of phenolic OH excluding ortho intramolecular Hbond substituents is 1. The molecule has 4 N–H and O–H groups in total. The Morgan fingerprint density at radius 1 is 0.980 bits per heavy atom. The van der Waals surface area contributed by atoms with Crippen LogP contribution in [0.4, 0.5) is 0 Å². The average molecular weight is 694 g/mol. The van der Waals surface area contributed by atoms with Crippen LogP contribution in [0.1, 0.15) is 85.1 Å². The van der Waals surface area contributed by atoms with Crippen LogP contribution in [-0.2, 0) is 19.0 Å². The topological polar surface area (TPSA) is 178 Å². The lowest BCUT2D eigenvalue weighted by molar-refractivity contribution is -0.160. The number of esters is 1. The van der Waals surface area contributed by atoms with Crippen LogP contribution in [0.15, 0.2) is 60.2 Å². The largest absolute Gasteiger partial charge is 0.507 e. The van der Waals surface area contributed by atoms with Gasteiger partial charge in [-0.3, -0.25) is 19.2 Å². The summed E-state index contributed by atoms with van der Waals surface area (Å²) in [6.07, 6.45) is 5.20. The van der Waals surface area contributed by atoms with E-state index in [4.69, 9.17) is 18.9 Å². The van der Waals surface area contributed by atoms with Gasteiger partial charge in [-0.2, -0.15) is 0 Å². The lowest BCUT2D eigenvalue weighted by atomic mass is 9.78. The van der Waals surface area contributed by atoms with Crippen LogP contribution >= 0.6 is 0 Å². The van der Waals surface area contributed by atoms with Gasteiger partial charge in [0.25, 0.3) is 5.78 Å². The zero-order valence-electron chi connectivity index (χ0n) is 29.9. The van der Waals surface area contributed by atoms with E-state index in [1.807, 2.05) is 0 Å². The fraction of sp³-hybridized carbons (Fsp3) is 0.474. The molecular weight excluding hydrogens is 646 g/mol. The highest BCUT2D eigenvalue weighted by atomic mass is 16.7. The number of aromatic hydroxyl groups is 1. The maximum absolute atomic E-state index is 13.9. The number of hydrogen-bond acceptors (Lipinski definition) is 12. The first-order valence-electron chi connectivity index (χ1n) is 16.5. The summed E-state index contributed by atoms with van der Waals surface area (Å²) < 4.78 is 23.2. The number of carbonyl (C=O) groups is 4. The van der Waals surface area contributed by atoms with Gasteiger partial charge in [0, 0.05) is 62.0 Å². The maximum Gasteiger partial charge on any atom is 0.312 e. The summed E-state index contributed by atoms with van der Waals surface area (Å²) in [5, 5.41) is 36.6. The predicted octanol–water partition coefficient (Wildman–Crippen LogP) is 4.62. The van der Waals surface area contributed by atoms with Crippen LogP contribution in [0.5, 0.6) is 11.5 Å². The number of allylic oxidation sites excluding steroid dienone is 5. The number of phenols is 1. The summed E-state index contributed by atoms with van der Waals surface area (Å²) in [5.74, 6) is -7.58. The highest BCUT2D eigenvalue weighted by Crippen LogP contribution is 2.48. The lowest BCUT2D eigenvalue weighted by Gasteiger charge is -2.38. The number of benzene rings is 1. The van der Waals surface area contributed by atoms with Gasteiger partial charge in [0.2, 0.25) is 5.78 Å². The molecule has 0 spiro atoms. The zero-order chi connectivity index (χ0) is 37.4. The number of carbonyl (C=O) groups excluding carboxylic acids is 4. The Hall–Kier alpha value is -4.52. The molecule has 0 unspecified atom stereocenters. The number of Topliss-reactive ketones (excluding diaryl/α,β-unsaturated/α-hetero) is 2. The number of hydrogen-bond donors (Lipinski definition) is 4. The highest BCUT2D eigenvalue weighted by molar-refractivity contribution is 6.30. The van der Waals surface area contributed by atoms with Crippen LogP contribution in [0.2, 0.25) is 0 Å². The Kier molecular flexibility index (Phi) is 11.3. The van der Waals surface area contributed by atoms with Gasteiger partial charge in [0.05, 0.1) is 47.0 Å². The van der Waals surface area contributed by atoms with Crippen molar-refractivity contribution >= 4 is 23.3 Å². The third-order valence-corrected chi connectivity index (χ3v) is 9.96. The maximum atomic E-state index is 13.9. The van der Waals surface area contributed by atoms with E-state index in [0.29, 0.717) is 5.57 Å². The number of ether oxygens (including phenoxy) is 4. The molecule has 4 aliphatic rings. The Bertz CT molecular complexity index is 1720. The summed E-state index contributed by atoms with van der Waals surface area (Å²) in [4.78, 5) is 53.4. The number of nitrogens with one attached hydrogen (secondary N) is 1. The van der Waals surface area contributed by atoms with E-state index < -0.39 is 82.9 Å². The van der Waals surface area contributed by atoms with Gasteiger partial charge in [-0.05, 0) is 25.5 Å². The van der Waals surface area contributed by atoms with Crippen molar-refractivity contribution in [2.45, 2.75) is 85.6 Å². The van der Waals surface area contributed by atoms with Gasteiger partial charge in [-0.15, -0.1) is 0 Å². The first-order chi connectivity index (χ1) is 23.4. The van der Waals surface area contributed by atoms with Gasteiger partial charge in [0.15, 0.2) is 5.78 Å². The third kappa shape index (κ3) is 7.05. The normalized spacial score (nSPS) is 33.4. The van der Waals surface area contributed by atoms with Crippen molar-refractivity contribution in [1.29, 1.82) is 0 Å². The smallest absolute Gasteiger partial charge is 0.312 e. The Labute approximate surface area is 292 Å². The summed E-state index contributed by atoms with van der Waals surface area (Å²) in [5.41, 5.74) is -0.0106. The molecule has 12 heteroatoms. The Morgan fingerprint density at radius 2 is 1.64 bits per heavy atom. The minimum Gasteiger partial charge on any atom is -0.507 e. The number of fused-ring (bicyclic) bond motifs is 14. The van der Waals surface area contributed by atoms with E-state index in [0.717, 1.165) is 6.08 Å². The van der Waals surface area contributed by atoms with Crippen LogP contribution in [0.25, 0.3) is 0 Å². The molecule has 5 rings (SSSR count). The first kappa shape index (κ1) is 38.3. The van der Waals surface area contributed by atoms with Crippen LogP contribution < -0.4 is 10.1 Å². The van der Waals surface area contributed by atoms with E-state index in [1.165, 1.54) is 40.2 Å². The molecule has 12 nitrogen and oxygen atoms in total. The quantitative estimate of drug-likeness (QED) is 0.317. The van der Waals surface area contributed by atoms with E-state index in [2.05, 4.69) is 11.9 Å². The van der Waals surface area contributed by atoms with Crippen molar-refractivity contribution < 1.29 is 53.4 Å². The number of aliphatic hydroxyl groups is 2. The SMILES string of the molecule is C=C1NC2=CC(=O)c3c(c(O)c(C)c4c3C(=O)[C@@](C)(O/C=C/[C@H](OC)[C@@H](C)[C@@H](OC(C)=O)[C@H](C)[C@H](O)[C@H](C)[C@@H](O)[C@@H](C)/C=C/C=C1C)O4)C2=O. The predicted molar refractivity (Wildman–Crippen MR) is 183 cm³/mol. The van der Waals surface area contributed by atoms with E-state index in [1.54, 1.807) is 52.8 Å². The molecule has 0 radical (unpaired) electrons. The van der Waals surface area contributed by atoms with Gasteiger partial charge in [0.1, 0.15) is 17.6 Å². The standard InChI is InChI=1S/C38H47NO11/c1-17-12-11-13-18(2)31(42)20(4)32(43)21(5)35(49-24(8)40)19(3)27(47-10)14-15-48-38(9)37(46)30-28-26(41)16-25(39-23(17)7)34(45)29(28)33(44)22(6)36(30)50-38/h11-16,18-21,27,31-32,35,39,42-44H,7H2,1-6,8-10H3/b13-11+,15-14+,17-12?/t18-,19+,20+,21+,27-,31-,32+,35+,38-/m0/s1. The molecule has 5 bridgehead atoms. The molecule has 270 valence electrons. The van der Waals surface area contributed by atoms with Gasteiger partial charge < -0.3 is 39.6 Å². The summed E-state index contributed by atoms with van der Waals surface area (Å²) >= 11 is 0. The van der Waals surface area contributed by atoms with E-state index in [-0.39, 0.29) is 39.4 Å². The zero-order valence-corrected chi connectivity index (χ0v) is 29.9. The number of rotatable bonds is 2. The second-order valence-electron chi connectivity index (χ2n) is 13.5. The second kappa shape index (κ2) is 14.8. The molecule has 1 aromatic carbocycles. The number of aliphatic hydroxyl groups excluding tert-OH is 2. The fourth-order valence-electron chi connectivity index (χ4n) is 6.69. The van der Waals surface area contributed by atoms with Gasteiger partial charge >= 0.3 is 11.8 Å². The number of methoxy groups -OCH3 is 1. The summed E-state index contributed by atoms with van der Waals surface area (Å²) in [6.45, 7) is 16.8. The summed E-state index contributed by atoms with van der Waals surface area (Å²) in [7, 11) is 1.44. The highest BCUT2D eigenvalue weighted by Gasteiger charge is 2.51. The molecule has 0 fully saturated rings. The van der Waals surface area contributed by atoms with Gasteiger partial charge in [-0.1, -0.05) is 52.5 Å². The van der Waals surface area contributed by atoms with Crippen molar-refractivity contribution in [3.63, 3.8) is 0 Å². The fourth-order valence-corrected chi connectivity index (χ4v) is 6.69. The van der Waals surface area contributed by atoms with Crippen LogP contribution in [0.3, 0.4) is 0 Å². The lowest BCUT2D eigenvalue weighted by Crippen LogP contribution is -2.46. The molecule has 50 heavy (non-hydrogen) atoms. The molecule has 3 heterocycles. The molecular formula is C38H47NO11. The second-order valence-corrected chi connectivity index (χ2v) is 13.5. The van der Waals surface area contributed by atoms with Gasteiger partial charge in [-0.25, -0.2) is 0 Å². The molecule has 0 saturated heterocycles.